The number of ether oxygens (including phenoxy) is 1. The minimum absolute atomic E-state index is 0. The predicted molar refractivity (Wildman–Crippen MR) is 70.0 cm³/mol. The molecule has 0 saturated heterocycles. The maximum Gasteiger partial charge on any atom is 0.233 e. The molecule has 0 atom stereocenters. The number of aromatic nitrogens is 4. The highest BCUT2D eigenvalue weighted by atomic mass is 35.5. The lowest BCUT2D eigenvalue weighted by Crippen LogP contribution is -1.90. The lowest BCUT2D eigenvalue weighted by atomic mass is 10.2. The van der Waals surface area contributed by atoms with E-state index in [1.165, 1.54) is 0 Å². The Labute approximate surface area is 110 Å². The molecule has 6 heteroatoms. The molecule has 3 aromatic heterocycles. The Morgan fingerprint density at radius 3 is 2.89 bits per heavy atom. The van der Waals surface area contributed by atoms with E-state index >= 15 is 0 Å². The average molecular weight is 263 g/mol. The number of hydrogen-bond donors (Lipinski definition) is 0. The van der Waals surface area contributed by atoms with Crippen molar-refractivity contribution in [1.29, 1.82) is 0 Å². The molecule has 18 heavy (non-hydrogen) atoms. The molecule has 0 radical (unpaired) electrons. The highest BCUT2D eigenvalue weighted by Crippen LogP contribution is 2.23. The summed E-state index contributed by atoms with van der Waals surface area (Å²) in [5, 5.41) is 12.0. The quantitative estimate of drug-likeness (QED) is 0.711. The summed E-state index contributed by atoms with van der Waals surface area (Å²) in [4.78, 5) is 0. The van der Waals surface area contributed by atoms with Crippen LogP contribution in [0.2, 0.25) is 0 Å². The van der Waals surface area contributed by atoms with Crippen molar-refractivity contribution in [1.82, 2.24) is 19.8 Å². The van der Waals surface area contributed by atoms with Gasteiger partial charge in [-0.25, -0.2) is 4.52 Å². The molecule has 0 fully saturated rings. The number of rotatable bonds is 2. The van der Waals surface area contributed by atoms with E-state index in [9.17, 15) is 0 Å². The van der Waals surface area contributed by atoms with Gasteiger partial charge in [-0.05, 0) is 18.2 Å². The summed E-state index contributed by atoms with van der Waals surface area (Å²) in [6.07, 6.45) is 5.41. The van der Waals surface area contributed by atoms with E-state index in [1.54, 1.807) is 19.5 Å². The van der Waals surface area contributed by atoms with Crippen molar-refractivity contribution in [2.45, 2.75) is 0 Å². The van der Waals surface area contributed by atoms with Gasteiger partial charge in [-0.3, -0.25) is 0 Å². The zero-order chi connectivity index (χ0) is 11.7. The Morgan fingerprint density at radius 2 is 2.11 bits per heavy atom. The number of fused-ring (bicyclic) bond motifs is 1. The zero-order valence-corrected chi connectivity index (χ0v) is 10.5. The lowest BCUT2D eigenvalue weighted by Gasteiger charge is -1.99. The summed E-state index contributed by atoms with van der Waals surface area (Å²) >= 11 is 0. The fourth-order valence-corrected chi connectivity index (χ4v) is 1.71. The van der Waals surface area contributed by atoms with Crippen molar-refractivity contribution in [3.8, 4) is 17.0 Å². The normalized spacial score (nSPS) is 10.1. The standard InChI is InChI=1S/C12H10N4O.ClH/c1-17-12-6-9(7-13-15-12)10-5-11-3-2-4-14-16(11)8-10;/h2-8H,1H3;1H. The molecule has 0 aliphatic carbocycles. The average Bonchev–Trinajstić information content (AvgIpc) is 2.82. The molecule has 0 unspecified atom stereocenters. The summed E-state index contributed by atoms with van der Waals surface area (Å²) in [7, 11) is 1.57. The molecule has 3 aromatic rings. The van der Waals surface area contributed by atoms with Crippen molar-refractivity contribution in [2.75, 3.05) is 7.11 Å². The maximum atomic E-state index is 5.05. The second-order valence-corrected chi connectivity index (χ2v) is 3.61. The third-order valence-electron chi connectivity index (χ3n) is 2.55. The third-order valence-corrected chi connectivity index (χ3v) is 2.55. The van der Waals surface area contributed by atoms with E-state index in [0.717, 1.165) is 16.6 Å². The molecule has 0 aliphatic rings. The van der Waals surface area contributed by atoms with E-state index in [2.05, 4.69) is 15.3 Å². The fourth-order valence-electron chi connectivity index (χ4n) is 1.71. The fraction of sp³-hybridized carbons (Fsp3) is 0.0833. The molecule has 0 bridgehead atoms. The van der Waals surface area contributed by atoms with E-state index in [0.29, 0.717) is 5.88 Å². The van der Waals surface area contributed by atoms with Crippen LogP contribution in [-0.4, -0.2) is 26.9 Å². The van der Waals surface area contributed by atoms with Crippen LogP contribution in [0.25, 0.3) is 16.6 Å². The predicted octanol–water partition coefficient (Wildman–Crippen LogP) is 2.22. The first kappa shape index (κ1) is 12.3. The number of halogens is 1. The van der Waals surface area contributed by atoms with E-state index in [1.807, 2.05) is 35.0 Å². The summed E-state index contributed by atoms with van der Waals surface area (Å²) in [6, 6.07) is 7.80. The maximum absolute atomic E-state index is 5.05. The van der Waals surface area contributed by atoms with Crippen molar-refractivity contribution >= 4 is 17.9 Å². The summed E-state index contributed by atoms with van der Waals surface area (Å²) in [5.74, 6) is 0.505. The first-order valence-corrected chi connectivity index (χ1v) is 5.17. The molecule has 0 N–H and O–H groups in total. The SMILES string of the molecule is COc1cc(-c2cc3cccnn3c2)cnn1.Cl. The summed E-state index contributed by atoms with van der Waals surface area (Å²) < 4.78 is 6.88. The number of nitrogens with zero attached hydrogens (tertiary/aromatic N) is 4. The van der Waals surface area contributed by atoms with E-state index in [-0.39, 0.29) is 12.4 Å². The first-order chi connectivity index (χ1) is 8.36. The molecule has 0 aliphatic heterocycles. The van der Waals surface area contributed by atoms with Gasteiger partial charge in [0.05, 0.1) is 18.8 Å². The van der Waals surface area contributed by atoms with Crippen LogP contribution in [0.5, 0.6) is 5.88 Å². The number of methoxy groups -OCH3 is 1. The minimum atomic E-state index is 0. The number of hydrogen-bond acceptors (Lipinski definition) is 4. The zero-order valence-electron chi connectivity index (χ0n) is 9.65. The van der Waals surface area contributed by atoms with Crippen LogP contribution < -0.4 is 4.74 Å². The van der Waals surface area contributed by atoms with Crippen LogP contribution in [0.15, 0.2) is 42.9 Å². The van der Waals surface area contributed by atoms with Gasteiger partial charge in [-0.1, -0.05) is 0 Å². The van der Waals surface area contributed by atoms with Gasteiger partial charge in [-0.15, -0.1) is 17.5 Å². The Kier molecular flexibility index (Phi) is 3.43. The largest absolute Gasteiger partial charge is 0.480 e. The van der Waals surface area contributed by atoms with Crippen molar-refractivity contribution < 1.29 is 4.74 Å². The molecular weight excluding hydrogens is 252 g/mol. The van der Waals surface area contributed by atoms with Crippen LogP contribution in [0, 0.1) is 0 Å². The monoisotopic (exact) mass is 262 g/mol. The molecule has 3 rings (SSSR count). The van der Waals surface area contributed by atoms with Gasteiger partial charge in [0.2, 0.25) is 5.88 Å². The Balaban J connectivity index is 0.00000120. The highest BCUT2D eigenvalue weighted by molar-refractivity contribution is 5.85. The Hall–Kier alpha value is -2.14. The van der Waals surface area contributed by atoms with Crippen molar-refractivity contribution in [2.24, 2.45) is 0 Å². The molecular formula is C12H11ClN4O. The van der Waals surface area contributed by atoms with Gasteiger partial charge in [0.25, 0.3) is 0 Å². The lowest BCUT2D eigenvalue weighted by molar-refractivity contribution is 0.392. The van der Waals surface area contributed by atoms with Gasteiger partial charge in [0.1, 0.15) is 0 Å². The van der Waals surface area contributed by atoms with Gasteiger partial charge in [-0.2, -0.15) is 10.2 Å². The highest BCUT2D eigenvalue weighted by Gasteiger charge is 2.04. The van der Waals surface area contributed by atoms with Gasteiger partial charge < -0.3 is 4.74 Å². The minimum Gasteiger partial charge on any atom is -0.480 e. The second kappa shape index (κ2) is 5.01. The van der Waals surface area contributed by atoms with Gasteiger partial charge in [0, 0.05) is 29.6 Å². The van der Waals surface area contributed by atoms with Crippen LogP contribution in [-0.2, 0) is 0 Å². The van der Waals surface area contributed by atoms with Crippen molar-refractivity contribution in [3.05, 3.63) is 42.9 Å². The topological polar surface area (TPSA) is 52.3 Å². The molecule has 0 amide bonds. The Morgan fingerprint density at radius 1 is 1.22 bits per heavy atom. The molecule has 3 heterocycles. The summed E-state index contributed by atoms with van der Waals surface area (Å²) in [6.45, 7) is 0. The Bertz CT molecular complexity index is 635. The van der Waals surface area contributed by atoms with E-state index in [4.69, 9.17) is 4.74 Å². The van der Waals surface area contributed by atoms with Crippen LogP contribution in [0.4, 0.5) is 0 Å². The van der Waals surface area contributed by atoms with Gasteiger partial charge >= 0.3 is 0 Å². The molecule has 92 valence electrons. The first-order valence-electron chi connectivity index (χ1n) is 5.17. The second-order valence-electron chi connectivity index (χ2n) is 3.61. The molecule has 0 aromatic carbocycles. The van der Waals surface area contributed by atoms with Crippen LogP contribution in [0.1, 0.15) is 0 Å². The molecule has 0 spiro atoms. The molecule has 5 nitrogen and oxygen atoms in total. The molecule has 0 saturated carbocycles. The van der Waals surface area contributed by atoms with Crippen LogP contribution in [0.3, 0.4) is 0 Å². The van der Waals surface area contributed by atoms with Gasteiger partial charge in [0.15, 0.2) is 0 Å². The van der Waals surface area contributed by atoms with E-state index < -0.39 is 0 Å². The third kappa shape index (κ3) is 2.12. The summed E-state index contributed by atoms with van der Waals surface area (Å²) in [5.41, 5.74) is 3.04. The van der Waals surface area contributed by atoms with Crippen LogP contribution >= 0.6 is 12.4 Å². The van der Waals surface area contributed by atoms with Crippen molar-refractivity contribution in [3.63, 3.8) is 0 Å². The smallest absolute Gasteiger partial charge is 0.233 e.